The number of carbonyl (C=O) groups is 1. The number of aromatic nitrogens is 1. The summed E-state index contributed by atoms with van der Waals surface area (Å²) in [5, 5.41) is 0. The number of fused-ring (bicyclic) bond motifs is 1. The van der Waals surface area contributed by atoms with E-state index in [1.54, 1.807) is 11.0 Å². The van der Waals surface area contributed by atoms with Crippen molar-refractivity contribution in [1.82, 2.24) is 9.88 Å². The van der Waals surface area contributed by atoms with Crippen molar-refractivity contribution >= 4 is 28.8 Å². The van der Waals surface area contributed by atoms with E-state index in [1.165, 1.54) is 6.07 Å². The van der Waals surface area contributed by atoms with Crippen LogP contribution in [0.3, 0.4) is 0 Å². The number of oxazole rings is 1. The van der Waals surface area contributed by atoms with Gasteiger partial charge in [0.25, 0.3) is 0 Å². The molecule has 1 amide bonds. The average molecular weight is 475 g/mol. The Balaban J connectivity index is 0.000000968. The quantitative estimate of drug-likeness (QED) is 0.495. The molecule has 0 saturated carbocycles. The van der Waals surface area contributed by atoms with Gasteiger partial charge in [-0.3, -0.25) is 0 Å². The first-order chi connectivity index (χ1) is 15.6. The molecule has 0 bridgehead atoms. The molecule has 9 heteroatoms. The lowest BCUT2D eigenvalue weighted by molar-refractivity contribution is 0.0199. The molecule has 0 N–H and O–H groups in total. The molecule has 176 valence electrons. The van der Waals surface area contributed by atoms with Crippen LogP contribution in [0.2, 0.25) is 0 Å². The number of amides is 1. The number of hydrogen-bond donors (Lipinski definition) is 0. The van der Waals surface area contributed by atoms with Gasteiger partial charge in [0, 0.05) is 24.6 Å². The SMILES string of the molecule is Cc1ccc(-c2ccc3oc(C4CCN(C(=O)OC(C)(C)C)CC4)nc3c2)c(F)c1.O=S=O. The number of benzene rings is 2. The first kappa shape index (κ1) is 24.6. The van der Waals surface area contributed by atoms with Crippen LogP contribution in [0.4, 0.5) is 9.18 Å². The van der Waals surface area contributed by atoms with Crippen LogP contribution in [0.1, 0.15) is 51.0 Å². The number of hydrogen-bond acceptors (Lipinski definition) is 6. The highest BCUT2D eigenvalue weighted by Gasteiger charge is 2.29. The van der Waals surface area contributed by atoms with Gasteiger partial charge in [-0.05, 0) is 69.9 Å². The summed E-state index contributed by atoms with van der Waals surface area (Å²) in [4.78, 5) is 18.7. The van der Waals surface area contributed by atoms with Crippen molar-refractivity contribution in [3.63, 3.8) is 0 Å². The molecule has 0 aliphatic carbocycles. The number of ether oxygens (including phenoxy) is 1. The molecular weight excluding hydrogens is 447 g/mol. The molecule has 0 radical (unpaired) electrons. The summed E-state index contributed by atoms with van der Waals surface area (Å²) in [6.07, 6.45) is 1.26. The van der Waals surface area contributed by atoms with Gasteiger partial charge in [0.05, 0.1) is 0 Å². The van der Waals surface area contributed by atoms with Crippen LogP contribution >= 0.6 is 0 Å². The first-order valence-electron chi connectivity index (χ1n) is 10.7. The molecule has 7 nitrogen and oxygen atoms in total. The van der Waals surface area contributed by atoms with Crippen LogP contribution in [0.5, 0.6) is 0 Å². The zero-order valence-corrected chi connectivity index (χ0v) is 19.9. The fraction of sp³-hybridized carbons (Fsp3) is 0.417. The van der Waals surface area contributed by atoms with E-state index in [0.717, 1.165) is 29.5 Å². The minimum absolute atomic E-state index is 0.149. The Hall–Kier alpha value is -3.07. The van der Waals surface area contributed by atoms with Crippen LogP contribution < -0.4 is 0 Å². The maximum absolute atomic E-state index is 14.4. The lowest BCUT2D eigenvalue weighted by atomic mass is 9.97. The number of halogens is 1. The van der Waals surface area contributed by atoms with Gasteiger partial charge in [0.15, 0.2) is 11.5 Å². The lowest BCUT2D eigenvalue weighted by Crippen LogP contribution is -2.41. The molecule has 4 rings (SSSR count). The number of aryl methyl sites for hydroxylation is 1. The molecule has 1 saturated heterocycles. The highest BCUT2D eigenvalue weighted by molar-refractivity contribution is 7.51. The number of nitrogens with zero attached hydrogens (tertiary/aromatic N) is 2. The van der Waals surface area contributed by atoms with Gasteiger partial charge in [-0.25, -0.2) is 14.2 Å². The Bertz CT molecular complexity index is 1170. The maximum Gasteiger partial charge on any atom is 0.410 e. The van der Waals surface area contributed by atoms with Crippen LogP contribution in [0.25, 0.3) is 22.2 Å². The van der Waals surface area contributed by atoms with Gasteiger partial charge in [-0.1, -0.05) is 18.2 Å². The van der Waals surface area contributed by atoms with E-state index in [4.69, 9.17) is 17.6 Å². The maximum atomic E-state index is 14.4. The van der Waals surface area contributed by atoms with E-state index in [1.807, 2.05) is 52.0 Å². The van der Waals surface area contributed by atoms with Gasteiger partial charge in [-0.2, -0.15) is 8.42 Å². The molecule has 1 aliphatic heterocycles. The van der Waals surface area contributed by atoms with Crippen molar-refractivity contribution in [1.29, 1.82) is 0 Å². The summed E-state index contributed by atoms with van der Waals surface area (Å²) in [7, 11) is 0. The number of likely N-dealkylation sites (tertiary alicyclic amines) is 1. The third-order valence-corrected chi connectivity index (χ3v) is 5.34. The summed E-state index contributed by atoms with van der Waals surface area (Å²) in [5.74, 6) is 0.582. The molecule has 0 atom stereocenters. The molecule has 0 unspecified atom stereocenters. The van der Waals surface area contributed by atoms with Gasteiger partial charge < -0.3 is 14.1 Å². The first-order valence-corrected chi connectivity index (χ1v) is 11.3. The molecule has 33 heavy (non-hydrogen) atoms. The highest BCUT2D eigenvalue weighted by atomic mass is 32.1. The molecular formula is C24H27FN2O5S. The van der Waals surface area contributed by atoms with E-state index in [-0.39, 0.29) is 17.8 Å². The van der Waals surface area contributed by atoms with E-state index in [2.05, 4.69) is 4.98 Å². The number of piperidine rings is 1. The van der Waals surface area contributed by atoms with Gasteiger partial charge in [0.2, 0.25) is 0 Å². The zero-order valence-electron chi connectivity index (χ0n) is 19.1. The summed E-state index contributed by atoms with van der Waals surface area (Å²) < 4.78 is 42.4. The van der Waals surface area contributed by atoms with Crippen LogP contribution in [0.15, 0.2) is 40.8 Å². The van der Waals surface area contributed by atoms with Gasteiger partial charge in [-0.15, -0.1) is 0 Å². The zero-order chi connectivity index (χ0) is 24.2. The molecule has 2 aromatic carbocycles. The fourth-order valence-electron chi connectivity index (χ4n) is 3.78. The molecule has 2 heterocycles. The van der Waals surface area contributed by atoms with Crippen molar-refractivity contribution in [2.24, 2.45) is 0 Å². The summed E-state index contributed by atoms with van der Waals surface area (Å²) in [6.45, 7) is 8.69. The topological polar surface area (TPSA) is 89.7 Å². The third-order valence-electron chi connectivity index (χ3n) is 5.34. The minimum Gasteiger partial charge on any atom is -0.444 e. The Morgan fingerprint density at radius 3 is 2.42 bits per heavy atom. The van der Waals surface area contributed by atoms with Crippen LogP contribution in [-0.2, 0) is 16.3 Å². The van der Waals surface area contributed by atoms with Crippen molar-refractivity contribution in [3.05, 3.63) is 53.7 Å². The lowest BCUT2D eigenvalue weighted by Gasteiger charge is -2.32. The van der Waals surface area contributed by atoms with E-state index in [9.17, 15) is 9.18 Å². The van der Waals surface area contributed by atoms with Crippen molar-refractivity contribution in [2.45, 2.75) is 52.1 Å². The second kappa shape index (κ2) is 10.2. The average Bonchev–Trinajstić information content (AvgIpc) is 3.16. The standard InChI is InChI=1S/C24H27FN2O3.O2S/c1-15-5-7-18(19(25)13-15)17-6-8-21-20(14-17)26-22(29-21)16-9-11-27(12-10-16)23(28)30-24(2,3)4;1-3-2/h5-8,13-14,16H,9-12H2,1-4H3;. The highest BCUT2D eigenvalue weighted by Crippen LogP contribution is 2.33. The molecule has 3 aromatic rings. The third kappa shape index (κ3) is 6.25. The number of rotatable bonds is 2. The second-order valence-corrected chi connectivity index (χ2v) is 9.16. The Morgan fingerprint density at radius 1 is 1.15 bits per heavy atom. The summed E-state index contributed by atoms with van der Waals surface area (Å²) in [5.41, 5.74) is 3.13. The van der Waals surface area contributed by atoms with Gasteiger partial charge >= 0.3 is 17.7 Å². The molecule has 1 fully saturated rings. The number of carbonyl (C=O) groups excluding carboxylic acids is 1. The predicted molar refractivity (Wildman–Crippen MR) is 123 cm³/mol. The van der Waals surface area contributed by atoms with E-state index >= 15 is 0 Å². The Kier molecular flexibility index (Phi) is 7.63. The smallest absolute Gasteiger partial charge is 0.410 e. The van der Waals surface area contributed by atoms with Gasteiger partial charge in [0.1, 0.15) is 16.9 Å². The normalized spacial score (nSPS) is 14.5. The van der Waals surface area contributed by atoms with Crippen molar-refractivity contribution in [2.75, 3.05) is 13.1 Å². The summed E-state index contributed by atoms with van der Waals surface area (Å²) in [6, 6.07) is 10.8. The van der Waals surface area contributed by atoms with Crippen molar-refractivity contribution in [3.8, 4) is 11.1 Å². The largest absolute Gasteiger partial charge is 0.444 e. The molecule has 1 aliphatic rings. The van der Waals surface area contributed by atoms with E-state index < -0.39 is 17.2 Å². The minimum atomic E-state index is -0.750. The molecule has 0 spiro atoms. The van der Waals surface area contributed by atoms with Crippen molar-refractivity contribution < 1.29 is 26.8 Å². The van der Waals surface area contributed by atoms with Crippen LogP contribution in [-0.4, -0.2) is 43.1 Å². The molecule has 1 aromatic heterocycles. The fourth-order valence-corrected chi connectivity index (χ4v) is 3.78. The van der Waals surface area contributed by atoms with Crippen LogP contribution in [0, 0.1) is 12.7 Å². The Labute approximate surface area is 195 Å². The van der Waals surface area contributed by atoms with E-state index in [0.29, 0.717) is 30.1 Å². The Morgan fingerprint density at radius 2 is 1.82 bits per heavy atom. The predicted octanol–water partition coefficient (Wildman–Crippen LogP) is 5.39. The monoisotopic (exact) mass is 474 g/mol. The summed E-state index contributed by atoms with van der Waals surface area (Å²) >= 11 is -0.750. The second-order valence-electron chi connectivity index (χ2n) is 9.03.